The van der Waals surface area contributed by atoms with E-state index in [2.05, 4.69) is 4.90 Å². The molecule has 2 aromatic carbocycles. The zero-order chi connectivity index (χ0) is 17.4. The van der Waals surface area contributed by atoms with E-state index >= 15 is 0 Å². The second-order valence-electron chi connectivity index (χ2n) is 7.29. The second kappa shape index (κ2) is 6.26. The molecule has 2 heterocycles. The molecule has 0 bridgehead atoms. The van der Waals surface area contributed by atoms with Crippen molar-refractivity contribution in [2.45, 2.75) is 38.3 Å². The van der Waals surface area contributed by atoms with E-state index in [9.17, 15) is 9.18 Å². The highest BCUT2D eigenvalue weighted by Gasteiger charge is 2.42. The number of fused-ring (bicyclic) bond motifs is 1. The maximum Gasteiger partial charge on any atom is 0.170 e. The Morgan fingerprint density at radius 3 is 2.56 bits per heavy atom. The number of hydrogen-bond acceptors (Lipinski definition) is 3. The van der Waals surface area contributed by atoms with Crippen molar-refractivity contribution >= 4 is 5.78 Å². The van der Waals surface area contributed by atoms with Crippen molar-refractivity contribution in [1.29, 1.82) is 0 Å². The standard InChI is InChI=1S/C21H22FNO2/c1-15-2-7-20-18(12-15)19(24)13-21(25-20)8-10-23(11-9-21)14-16-3-5-17(22)6-4-16/h2-7,12H,8-11,13-14H2,1H3. The predicted octanol–water partition coefficient (Wildman–Crippen LogP) is 4.13. The summed E-state index contributed by atoms with van der Waals surface area (Å²) in [6.45, 7) is 4.56. The molecule has 0 N–H and O–H groups in total. The van der Waals surface area contributed by atoms with E-state index in [0.29, 0.717) is 6.42 Å². The Hall–Kier alpha value is -2.20. The first-order chi connectivity index (χ1) is 12.0. The molecule has 130 valence electrons. The third kappa shape index (κ3) is 3.31. The number of aryl methyl sites for hydroxylation is 1. The molecule has 25 heavy (non-hydrogen) atoms. The first-order valence-electron chi connectivity index (χ1n) is 8.83. The summed E-state index contributed by atoms with van der Waals surface area (Å²) in [4.78, 5) is 14.9. The minimum absolute atomic E-state index is 0.192. The van der Waals surface area contributed by atoms with Crippen LogP contribution >= 0.6 is 0 Å². The van der Waals surface area contributed by atoms with Crippen LogP contribution in [0.15, 0.2) is 42.5 Å². The Kier molecular flexibility index (Phi) is 4.08. The van der Waals surface area contributed by atoms with Gasteiger partial charge in [0.2, 0.25) is 0 Å². The number of carbonyl (C=O) groups excluding carboxylic acids is 1. The lowest BCUT2D eigenvalue weighted by Crippen LogP contribution is -2.50. The molecule has 0 aromatic heterocycles. The maximum atomic E-state index is 13.0. The molecule has 3 nitrogen and oxygen atoms in total. The van der Waals surface area contributed by atoms with E-state index in [4.69, 9.17) is 4.74 Å². The Balaban J connectivity index is 1.43. The number of likely N-dealkylation sites (tertiary alicyclic amines) is 1. The van der Waals surface area contributed by atoms with Gasteiger partial charge < -0.3 is 4.74 Å². The van der Waals surface area contributed by atoms with Crippen LogP contribution in [0.5, 0.6) is 5.75 Å². The van der Waals surface area contributed by atoms with Gasteiger partial charge in [-0.3, -0.25) is 9.69 Å². The molecule has 2 aliphatic rings. The lowest BCUT2D eigenvalue weighted by Gasteiger charge is -2.44. The average Bonchev–Trinajstić information content (AvgIpc) is 2.60. The molecule has 0 atom stereocenters. The monoisotopic (exact) mass is 339 g/mol. The van der Waals surface area contributed by atoms with E-state index in [1.807, 2.05) is 37.3 Å². The van der Waals surface area contributed by atoms with Crippen molar-refractivity contribution < 1.29 is 13.9 Å². The number of benzene rings is 2. The van der Waals surface area contributed by atoms with Crippen molar-refractivity contribution in [1.82, 2.24) is 4.90 Å². The van der Waals surface area contributed by atoms with Gasteiger partial charge in [-0.1, -0.05) is 23.8 Å². The summed E-state index contributed by atoms with van der Waals surface area (Å²) in [6.07, 6.45) is 2.15. The molecule has 1 saturated heterocycles. The number of halogens is 1. The van der Waals surface area contributed by atoms with Crippen LogP contribution in [0.2, 0.25) is 0 Å². The summed E-state index contributed by atoms with van der Waals surface area (Å²) in [5.74, 6) is 0.718. The third-order valence-electron chi connectivity index (χ3n) is 5.33. The van der Waals surface area contributed by atoms with Gasteiger partial charge in [-0.05, 0) is 36.8 Å². The van der Waals surface area contributed by atoms with E-state index in [1.165, 1.54) is 12.1 Å². The van der Waals surface area contributed by atoms with Gasteiger partial charge >= 0.3 is 0 Å². The highest BCUT2D eigenvalue weighted by atomic mass is 19.1. The van der Waals surface area contributed by atoms with Gasteiger partial charge in [0, 0.05) is 32.5 Å². The van der Waals surface area contributed by atoms with Crippen LogP contribution in [0.1, 0.15) is 40.7 Å². The van der Waals surface area contributed by atoms with Crippen LogP contribution < -0.4 is 4.74 Å². The first-order valence-corrected chi connectivity index (χ1v) is 8.83. The van der Waals surface area contributed by atoms with E-state index in [-0.39, 0.29) is 17.2 Å². The zero-order valence-electron chi connectivity index (χ0n) is 14.4. The lowest BCUT2D eigenvalue weighted by atomic mass is 9.82. The van der Waals surface area contributed by atoms with Crippen LogP contribution in [0, 0.1) is 12.7 Å². The van der Waals surface area contributed by atoms with Gasteiger partial charge in [0.1, 0.15) is 17.2 Å². The number of Topliss-reactive ketones (excluding diaryl/α,β-unsaturated/α-hetero) is 1. The summed E-state index contributed by atoms with van der Waals surface area (Å²) < 4.78 is 19.3. The minimum Gasteiger partial charge on any atom is -0.486 e. The largest absolute Gasteiger partial charge is 0.486 e. The molecular weight excluding hydrogens is 317 g/mol. The number of nitrogens with zero attached hydrogens (tertiary/aromatic N) is 1. The maximum absolute atomic E-state index is 13.0. The molecular formula is C21H22FNO2. The van der Waals surface area contributed by atoms with Gasteiger partial charge in [-0.2, -0.15) is 0 Å². The Labute approximate surface area is 147 Å². The summed E-state index contributed by atoms with van der Waals surface area (Å²) in [5, 5.41) is 0. The van der Waals surface area contributed by atoms with Crippen LogP contribution in [0.4, 0.5) is 4.39 Å². The molecule has 0 aliphatic carbocycles. The molecule has 2 aromatic rings. The second-order valence-corrected chi connectivity index (χ2v) is 7.29. The molecule has 1 spiro atoms. The van der Waals surface area contributed by atoms with E-state index in [0.717, 1.165) is 54.9 Å². The number of carbonyl (C=O) groups is 1. The van der Waals surface area contributed by atoms with Crippen molar-refractivity contribution in [2.24, 2.45) is 0 Å². The minimum atomic E-state index is -0.362. The number of ether oxygens (including phenoxy) is 1. The van der Waals surface area contributed by atoms with Crippen LogP contribution in [0.25, 0.3) is 0 Å². The van der Waals surface area contributed by atoms with E-state index in [1.54, 1.807) is 0 Å². The van der Waals surface area contributed by atoms with Crippen molar-refractivity contribution in [2.75, 3.05) is 13.1 Å². The highest BCUT2D eigenvalue weighted by molar-refractivity contribution is 6.00. The number of piperidine rings is 1. The summed E-state index contributed by atoms with van der Waals surface area (Å²) in [5.41, 5.74) is 2.55. The Bertz CT molecular complexity index is 792. The lowest BCUT2D eigenvalue weighted by molar-refractivity contribution is -0.0107. The number of ketones is 1. The molecule has 0 radical (unpaired) electrons. The molecule has 2 aliphatic heterocycles. The highest BCUT2D eigenvalue weighted by Crippen LogP contribution is 2.39. The van der Waals surface area contributed by atoms with Crippen molar-refractivity contribution in [3.05, 3.63) is 65.0 Å². The van der Waals surface area contributed by atoms with Gasteiger partial charge in [0.05, 0.1) is 12.0 Å². The van der Waals surface area contributed by atoms with Crippen molar-refractivity contribution in [3.8, 4) is 5.75 Å². The summed E-state index contributed by atoms with van der Waals surface area (Å²) in [7, 11) is 0. The molecule has 4 rings (SSSR count). The van der Waals surface area contributed by atoms with E-state index < -0.39 is 0 Å². The van der Waals surface area contributed by atoms with Crippen LogP contribution in [0.3, 0.4) is 0 Å². The molecule has 0 saturated carbocycles. The predicted molar refractivity (Wildman–Crippen MR) is 94.4 cm³/mol. The van der Waals surface area contributed by atoms with Gasteiger partial charge in [-0.25, -0.2) is 4.39 Å². The van der Waals surface area contributed by atoms with Gasteiger partial charge in [0.15, 0.2) is 5.78 Å². The number of hydrogen-bond donors (Lipinski definition) is 0. The smallest absolute Gasteiger partial charge is 0.170 e. The summed E-state index contributed by atoms with van der Waals surface area (Å²) in [6, 6.07) is 12.5. The van der Waals surface area contributed by atoms with Gasteiger partial charge in [0.25, 0.3) is 0 Å². The third-order valence-corrected chi connectivity index (χ3v) is 5.33. The average molecular weight is 339 g/mol. The normalized spacial score (nSPS) is 19.5. The van der Waals surface area contributed by atoms with Crippen molar-refractivity contribution in [3.63, 3.8) is 0 Å². The van der Waals surface area contributed by atoms with Gasteiger partial charge in [-0.15, -0.1) is 0 Å². The SMILES string of the molecule is Cc1ccc2c(c1)C(=O)CC1(CCN(Cc3ccc(F)cc3)CC1)O2. The quantitative estimate of drug-likeness (QED) is 0.824. The fraction of sp³-hybridized carbons (Fsp3) is 0.381. The van der Waals surface area contributed by atoms with Crippen LogP contribution in [-0.2, 0) is 6.54 Å². The van der Waals surface area contributed by atoms with Crippen LogP contribution in [-0.4, -0.2) is 29.4 Å². The topological polar surface area (TPSA) is 29.5 Å². The fourth-order valence-corrected chi connectivity index (χ4v) is 3.85. The number of rotatable bonds is 2. The summed E-state index contributed by atoms with van der Waals surface area (Å²) >= 11 is 0. The molecule has 4 heteroatoms. The Morgan fingerprint density at radius 1 is 1.12 bits per heavy atom. The first kappa shape index (κ1) is 16.3. The fourth-order valence-electron chi connectivity index (χ4n) is 3.85. The Morgan fingerprint density at radius 2 is 1.84 bits per heavy atom. The molecule has 0 amide bonds. The zero-order valence-corrected chi connectivity index (χ0v) is 14.4. The molecule has 0 unspecified atom stereocenters. The molecule has 1 fully saturated rings.